The van der Waals surface area contributed by atoms with Crippen molar-refractivity contribution in [2.75, 3.05) is 12.0 Å². The minimum absolute atomic E-state index is 0.0447. The van der Waals surface area contributed by atoms with E-state index in [0.29, 0.717) is 0 Å². The van der Waals surface area contributed by atoms with Crippen LogP contribution in [0.1, 0.15) is 24.3 Å². The van der Waals surface area contributed by atoms with Gasteiger partial charge in [-0.2, -0.15) is 4.90 Å². The number of methoxy groups -OCH3 is 1. The third-order valence-corrected chi connectivity index (χ3v) is 10.3. The Morgan fingerprint density at radius 1 is 0.911 bits per heavy atom. The minimum Gasteiger partial charge on any atom is -0.505 e. The lowest BCUT2D eigenvalue weighted by atomic mass is 9.56. The van der Waals surface area contributed by atoms with Crippen LogP contribution in [0.25, 0.3) is 0 Å². The molecule has 0 bridgehead atoms. The van der Waals surface area contributed by atoms with E-state index in [2.05, 4.69) is 4.74 Å². The van der Waals surface area contributed by atoms with E-state index in [0.717, 1.165) is 25.3 Å². The van der Waals surface area contributed by atoms with Crippen molar-refractivity contribution in [3.05, 3.63) is 70.3 Å². The number of imide groups is 4. The molecule has 0 spiro atoms. The van der Waals surface area contributed by atoms with Crippen LogP contribution in [0.15, 0.2) is 29.8 Å². The summed E-state index contributed by atoms with van der Waals surface area (Å²) in [5.41, 5.74) is -2.53. The van der Waals surface area contributed by atoms with Crippen LogP contribution in [0, 0.1) is 52.7 Å². The summed E-state index contributed by atoms with van der Waals surface area (Å²) in [6.45, 7) is 0. The van der Waals surface area contributed by atoms with Gasteiger partial charge in [-0.25, -0.2) is 36.0 Å². The first-order chi connectivity index (χ1) is 21.1. The number of aromatic hydroxyl groups is 1. The van der Waals surface area contributed by atoms with Crippen LogP contribution in [-0.4, -0.2) is 56.6 Å². The van der Waals surface area contributed by atoms with Gasteiger partial charge in [-0.05, 0) is 24.8 Å². The Morgan fingerprint density at radius 3 is 2.11 bits per heavy atom. The first-order valence-electron chi connectivity index (χ1n) is 13.0. The summed E-state index contributed by atoms with van der Waals surface area (Å²) < 4.78 is 91.6. The van der Waals surface area contributed by atoms with E-state index in [1.54, 1.807) is 0 Å². The molecule has 45 heavy (non-hydrogen) atoms. The normalized spacial score (nSPS) is 30.7. The van der Waals surface area contributed by atoms with Gasteiger partial charge in [-0.15, -0.1) is 23.2 Å². The number of carbonyl (C=O) groups is 5. The molecule has 0 aromatic heterocycles. The van der Waals surface area contributed by atoms with E-state index in [-0.39, 0.29) is 16.9 Å². The van der Waals surface area contributed by atoms with Crippen molar-refractivity contribution >= 4 is 58.6 Å². The fraction of sp³-hybridized carbons (Fsp3) is 0.321. The number of likely N-dealkylation sites (tertiary alicyclic amines) is 1. The third-order valence-electron chi connectivity index (χ3n) is 8.91. The molecule has 2 aromatic rings. The fourth-order valence-electron chi connectivity index (χ4n) is 6.95. The van der Waals surface area contributed by atoms with Crippen LogP contribution < -0.4 is 4.90 Å². The number of rotatable bonds is 2. The molecule has 0 radical (unpaired) electrons. The predicted octanol–water partition coefficient (Wildman–Crippen LogP) is 4.56. The molecule has 3 fully saturated rings. The summed E-state index contributed by atoms with van der Waals surface area (Å²) in [6.07, 6.45) is -1.13. The molecular weight excluding hydrogens is 661 g/mol. The van der Waals surface area contributed by atoms with E-state index in [4.69, 9.17) is 23.2 Å². The number of amides is 5. The number of nitrogens with zero attached hydrogens (tertiary/aromatic N) is 2. The number of fused-ring (bicyclic) bond motifs is 4. The van der Waals surface area contributed by atoms with Crippen LogP contribution in [0.2, 0.25) is 0 Å². The van der Waals surface area contributed by atoms with Crippen LogP contribution >= 0.6 is 23.2 Å². The van der Waals surface area contributed by atoms with E-state index < -0.39 is 126 Å². The molecule has 5 amide bonds. The SMILES string of the molecule is COC(=O)N1C(=O)[C@H]2[C@H](CC=C3[C@H]2C[C@@]2(Cl)C(=O)N(c4c(F)c(F)c(F)c(F)c4F)C(=O)[C@@]2(Cl)[C@H]3c2cccc(F)c2O)C1=O. The van der Waals surface area contributed by atoms with E-state index in [9.17, 15) is 55.4 Å². The lowest BCUT2D eigenvalue weighted by Crippen LogP contribution is -2.60. The minimum atomic E-state index is -2.94. The number of para-hydroxylation sites is 1. The van der Waals surface area contributed by atoms with Crippen LogP contribution in [0.3, 0.4) is 0 Å². The Labute approximate surface area is 257 Å². The van der Waals surface area contributed by atoms with Crippen molar-refractivity contribution in [3.8, 4) is 5.75 Å². The number of ether oxygens (including phenoxy) is 1. The largest absolute Gasteiger partial charge is 0.505 e. The van der Waals surface area contributed by atoms with Crippen molar-refractivity contribution in [1.82, 2.24) is 4.90 Å². The van der Waals surface area contributed by atoms with Gasteiger partial charge in [0.05, 0.1) is 18.9 Å². The lowest BCUT2D eigenvalue weighted by molar-refractivity contribution is -0.138. The van der Waals surface area contributed by atoms with Crippen molar-refractivity contribution in [2.45, 2.75) is 28.5 Å². The quantitative estimate of drug-likeness (QED) is 0.124. The maximum Gasteiger partial charge on any atom is 0.423 e. The Bertz CT molecular complexity index is 1790. The molecule has 2 heterocycles. The first-order valence-corrected chi connectivity index (χ1v) is 13.7. The fourth-order valence-corrected chi connectivity index (χ4v) is 7.88. The van der Waals surface area contributed by atoms with Gasteiger partial charge in [-0.3, -0.25) is 19.2 Å². The highest BCUT2D eigenvalue weighted by Crippen LogP contribution is 2.66. The number of carbonyl (C=O) groups excluding carboxylic acids is 5. The first kappa shape index (κ1) is 30.9. The molecule has 6 rings (SSSR count). The number of phenolic OH excluding ortho intramolecular Hbond substituents is 1. The molecule has 4 aliphatic rings. The van der Waals surface area contributed by atoms with Gasteiger partial charge in [-0.1, -0.05) is 23.8 Å². The lowest BCUT2D eigenvalue weighted by Gasteiger charge is -2.50. The number of allylic oxidation sites excluding steroid dienone is 2. The zero-order valence-electron chi connectivity index (χ0n) is 22.3. The Morgan fingerprint density at radius 2 is 1.51 bits per heavy atom. The van der Waals surface area contributed by atoms with Gasteiger partial charge < -0.3 is 9.84 Å². The van der Waals surface area contributed by atoms with Gasteiger partial charge in [0.25, 0.3) is 11.8 Å². The average Bonchev–Trinajstić information content (AvgIpc) is 3.35. The third kappa shape index (κ3) is 3.67. The number of phenols is 1. The molecule has 1 N–H and O–H groups in total. The number of benzene rings is 2. The molecule has 0 unspecified atom stereocenters. The molecule has 9 nitrogen and oxygen atoms in total. The smallest absolute Gasteiger partial charge is 0.423 e. The highest BCUT2D eigenvalue weighted by atomic mass is 35.5. The molecule has 2 aromatic carbocycles. The number of anilines is 1. The summed E-state index contributed by atoms with van der Waals surface area (Å²) in [6, 6.07) is 2.96. The average molecular weight is 677 g/mol. The van der Waals surface area contributed by atoms with Gasteiger partial charge in [0.15, 0.2) is 44.6 Å². The highest BCUT2D eigenvalue weighted by molar-refractivity contribution is 6.58. The van der Waals surface area contributed by atoms with Gasteiger partial charge >= 0.3 is 6.09 Å². The second kappa shape index (κ2) is 9.94. The zero-order chi connectivity index (χ0) is 33.1. The van der Waals surface area contributed by atoms with E-state index in [1.807, 2.05) is 0 Å². The molecule has 17 heteroatoms. The van der Waals surface area contributed by atoms with Crippen molar-refractivity contribution in [3.63, 3.8) is 0 Å². The second-order valence-electron chi connectivity index (χ2n) is 10.9. The van der Waals surface area contributed by atoms with Crippen LogP contribution in [0.5, 0.6) is 5.75 Å². The van der Waals surface area contributed by atoms with Crippen LogP contribution in [-0.2, 0) is 23.9 Å². The van der Waals surface area contributed by atoms with Crippen molar-refractivity contribution < 1.29 is 60.2 Å². The Kier molecular flexibility index (Phi) is 6.83. The highest BCUT2D eigenvalue weighted by Gasteiger charge is 2.77. The number of halogens is 8. The Balaban J connectivity index is 1.61. The Hall–Kier alpha value is -4.11. The number of hydrogen-bond donors (Lipinski definition) is 1. The van der Waals surface area contributed by atoms with Gasteiger partial charge in [0.1, 0.15) is 5.69 Å². The molecule has 6 atom stereocenters. The zero-order valence-corrected chi connectivity index (χ0v) is 23.9. The molecule has 236 valence electrons. The summed E-state index contributed by atoms with van der Waals surface area (Å²) in [5, 5.41) is 10.7. The molecule has 2 aliphatic heterocycles. The standard InChI is InChI=1S/C28H16Cl2F6N2O7/c1-45-26(44)38-22(40)9-6-5-8-11(13(9)23(38)41)7-27(29)24(42)37(20-18(35)16(33)15(32)17(34)19(20)36)25(43)28(27,30)14(8)10-3-2-4-12(31)21(10)39/h2-5,9,11,13-14,39H,6-7H2,1H3/t9-,11+,13-,14+,27+,28-/m0/s1. The second-order valence-corrected chi connectivity index (χ2v) is 12.1. The van der Waals surface area contributed by atoms with E-state index in [1.165, 1.54) is 6.08 Å². The summed E-state index contributed by atoms with van der Waals surface area (Å²) in [7, 11) is 0.907. The monoisotopic (exact) mass is 676 g/mol. The molecule has 2 saturated heterocycles. The summed E-state index contributed by atoms with van der Waals surface area (Å²) in [4.78, 5) is 60.9. The molecule has 2 aliphatic carbocycles. The number of alkyl halides is 2. The predicted molar refractivity (Wildman–Crippen MR) is 139 cm³/mol. The van der Waals surface area contributed by atoms with Gasteiger partial charge in [0.2, 0.25) is 17.6 Å². The maximum atomic E-state index is 15.0. The van der Waals surface area contributed by atoms with Crippen molar-refractivity contribution in [1.29, 1.82) is 0 Å². The molecular formula is C28H16Cl2F6N2O7. The topological polar surface area (TPSA) is 121 Å². The maximum absolute atomic E-state index is 15.0. The summed E-state index contributed by atoms with van der Waals surface area (Å²) >= 11 is 13.7. The molecule has 1 saturated carbocycles. The van der Waals surface area contributed by atoms with Gasteiger partial charge in [0, 0.05) is 11.5 Å². The van der Waals surface area contributed by atoms with Crippen molar-refractivity contribution in [2.24, 2.45) is 17.8 Å². The summed E-state index contributed by atoms with van der Waals surface area (Å²) in [5.74, 6) is -26.6. The van der Waals surface area contributed by atoms with E-state index >= 15 is 0 Å². The van der Waals surface area contributed by atoms with Crippen LogP contribution in [0.4, 0.5) is 36.8 Å². The number of hydrogen-bond acceptors (Lipinski definition) is 7.